The lowest BCUT2D eigenvalue weighted by atomic mass is 10.1. The molecule has 5 nitrogen and oxygen atoms in total. The van der Waals surface area contributed by atoms with Crippen molar-refractivity contribution in [1.29, 1.82) is 0 Å². The number of para-hydroxylation sites is 1. The molecule has 138 valence electrons. The fourth-order valence-electron chi connectivity index (χ4n) is 2.98. The molecule has 0 bridgehead atoms. The third-order valence-corrected chi connectivity index (χ3v) is 5.37. The molecule has 2 aromatic carbocycles. The van der Waals surface area contributed by atoms with E-state index in [2.05, 4.69) is 11.9 Å². The minimum Gasteiger partial charge on any atom is -0.454 e. The second kappa shape index (κ2) is 7.48. The van der Waals surface area contributed by atoms with E-state index in [0.29, 0.717) is 17.2 Å². The van der Waals surface area contributed by atoms with Gasteiger partial charge in [0.05, 0.1) is 10.6 Å². The maximum Gasteiger partial charge on any atom is 0.266 e. The lowest BCUT2D eigenvalue weighted by Gasteiger charge is -2.13. The Balaban J connectivity index is 1.69. The van der Waals surface area contributed by atoms with Gasteiger partial charge in [0.1, 0.15) is 0 Å². The van der Waals surface area contributed by atoms with Crippen LogP contribution < -0.4 is 9.47 Å². The van der Waals surface area contributed by atoms with E-state index in [0.717, 1.165) is 34.2 Å². The van der Waals surface area contributed by atoms with E-state index < -0.39 is 0 Å². The first-order chi connectivity index (χ1) is 13.2. The van der Waals surface area contributed by atoms with Crippen LogP contribution in [0.3, 0.4) is 0 Å². The number of amidine groups is 1. The molecule has 0 atom stereocenters. The number of carbonyl (C=O) groups is 1. The van der Waals surface area contributed by atoms with Crippen molar-refractivity contribution in [1.82, 2.24) is 4.90 Å². The van der Waals surface area contributed by atoms with Gasteiger partial charge in [-0.1, -0.05) is 25.1 Å². The summed E-state index contributed by atoms with van der Waals surface area (Å²) in [5.74, 6) is 1.46. The lowest BCUT2D eigenvalue weighted by Crippen LogP contribution is -2.29. The molecule has 1 amide bonds. The summed E-state index contributed by atoms with van der Waals surface area (Å²) in [6.07, 6.45) is 2.79. The van der Waals surface area contributed by atoms with E-state index in [1.807, 2.05) is 55.5 Å². The van der Waals surface area contributed by atoms with Gasteiger partial charge in [0, 0.05) is 6.54 Å². The van der Waals surface area contributed by atoms with Gasteiger partial charge in [0.2, 0.25) is 6.79 Å². The molecule has 0 aliphatic carbocycles. The second-order valence-corrected chi connectivity index (χ2v) is 7.37. The minimum absolute atomic E-state index is 0.00593. The third-order valence-electron chi connectivity index (χ3n) is 4.36. The number of thioether (sulfide) groups is 1. The summed E-state index contributed by atoms with van der Waals surface area (Å²) in [5.41, 5.74) is 2.83. The monoisotopic (exact) mass is 380 g/mol. The fourth-order valence-corrected chi connectivity index (χ4v) is 4.00. The minimum atomic E-state index is -0.00593. The van der Waals surface area contributed by atoms with Crippen molar-refractivity contribution < 1.29 is 14.3 Å². The number of hydrogen-bond acceptors (Lipinski definition) is 5. The topological polar surface area (TPSA) is 51.1 Å². The summed E-state index contributed by atoms with van der Waals surface area (Å²) in [5, 5.41) is 0.720. The Hall–Kier alpha value is -2.73. The smallest absolute Gasteiger partial charge is 0.266 e. The summed E-state index contributed by atoms with van der Waals surface area (Å²) in [7, 11) is 0. The van der Waals surface area contributed by atoms with Gasteiger partial charge in [-0.25, -0.2) is 4.99 Å². The predicted molar refractivity (Wildman–Crippen MR) is 108 cm³/mol. The van der Waals surface area contributed by atoms with E-state index in [1.165, 1.54) is 11.8 Å². The Kier molecular flexibility index (Phi) is 4.90. The molecule has 0 spiro atoms. The van der Waals surface area contributed by atoms with E-state index in [-0.39, 0.29) is 12.7 Å². The van der Waals surface area contributed by atoms with Crippen LogP contribution in [0.1, 0.15) is 24.5 Å². The van der Waals surface area contributed by atoms with Crippen LogP contribution in [0.4, 0.5) is 5.69 Å². The molecule has 0 radical (unpaired) electrons. The average Bonchev–Trinajstić information content (AvgIpc) is 3.23. The first-order valence-corrected chi connectivity index (χ1v) is 9.72. The van der Waals surface area contributed by atoms with Crippen LogP contribution in [0.2, 0.25) is 0 Å². The summed E-state index contributed by atoms with van der Waals surface area (Å²) in [4.78, 5) is 20.0. The highest BCUT2D eigenvalue weighted by atomic mass is 32.2. The number of nitrogens with zero attached hydrogens (tertiary/aromatic N) is 2. The number of aryl methyl sites for hydroxylation is 1. The van der Waals surface area contributed by atoms with Gasteiger partial charge in [-0.05, 0) is 66.6 Å². The van der Waals surface area contributed by atoms with Crippen molar-refractivity contribution in [2.24, 2.45) is 4.99 Å². The maximum absolute atomic E-state index is 12.9. The van der Waals surface area contributed by atoms with Crippen LogP contribution in [0, 0.1) is 6.92 Å². The first-order valence-electron chi connectivity index (χ1n) is 8.91. The fraction of sp³-hybridized carbons (Fsp3) is 0.238. The van der Waals surface area contributed by atoms with Crippen molar-refractivity contribution in [2.45, 2.75) is 20.3 Å². The normalized spacial score (nSPS) is 18.7. The number of hydrogen-bond donors (Lipinski definition) is 0. The number of ether oxygens (including phenoxy) is 2. The van der Waals surface area contributed by atoms with Crippen LogP contribution in [-0.2, 0) is 4.79 Å². The summed E-state index contributed by atoms with van der Waals surface area (Å²) >= 11 is 1.41. The standard InChI is InChI=1S/C21H20N2O3S/c1-3-9-23-20(24)19(27-21(23)22-16-7-5-4-6-8-16)12-15-11-18-17(10-14(15)2)25-13-26-18/h4-8,10-12H,3,9,13H2,1-2H3/b19-12+,22-21?. The molecule has 0 N–H and O–H groups in total. The van der Waals surface area contributed by atoms with E-state index in [1.54, 1.807) is 4.90 Å². The van der Waals surface area contributed by atoms with Gasteiger partial charge < -0.3 is 9.47 Å². The Morgan fingerprint density at radius 3 is 2.67 bits per heavy atom. The largest absolute Gasteiger partial charge is 0.454 e. The molecule has 2 aliphatic heterocycles. The average molecular weight is 380 g/mol. The number of amides is 1. The van der Waals surface area contributed by atoms with Gasteiger partial charge in [-0.2, -0.15) is 0 Å². The molecule has 27 heavy (non-hydrogen) atoms. The highest BCUT2D eigenvalue weighted by Crippen LogP contribution is 2.38. The molecule has 4 rings (SSSR count). The number of fused-ring (bicyclic) bond motifs is 1. The third kappa shape index (κ3) is 3.57. The zero-order valence-corrected chi connectivity index (χ0v) is 16.1. The molecule has 0 aromatic heterocycles. The van der Waals surface area contributed by atoms with Crippen molar-refractivity contribution in [3.05, 3.63) is 58.5 Å². The highest BCUT2D eigenvalue weighted by molar-refractivity contribution is 8.18. The molecule has 1 fully saturated rings. The molecule has 1 saturated heterocycles. The molecular formula is C21H20N2O3S. The summed E-state index contributed by atoms with van der Waals surface area (Å²) < 4.78 is 10.9. The van der Waals surface area contributed by atoms with Gasteiger partial charge in [0.15, 0.2) is 16.7 Å². The van der Waals surface area contributed by atoms with Crippen LogP contribution in [0.25, 0.3) is 6.08 Å². The molecule has 2 aromatic rings. The first kappa shape index (κ1) is 17.7. The predicted octanol–water partition coefficient (Wildman–Crippen LogP) is 4.74. The zero-order chi connectivity index (χ0) is 18.8. The van der Waals surface area contributed by atoms with Crippen LogP contribution in [-0.4, -0.2) is 29.3 Å². The zero-order valence-electron chi connectivity index (χ0n) is 15.3. The van der Waals surface area contributed by atoms with E-state index in [4.69, 9.17) is 9.47 Å². The number of benzene rings is 2. The van der Waals surface area contributed by atoms with Crippen LogP contribution in [0.5, 0.6) is 11.5 Å². The molecule has 2 heterocycles. The molecule has 0 unspecified atom stereocenters. The quantitative estimate of drug-likeness (QED) is 0.719. The van der Waals surface area contributed by atoms with Gasteiger partial charge in [-0.15, -0.1) is 0 Å². The lowest BCUT2D eigenvalue weighted by molar-refractivity contribution is -0.122. The van der Waals surface area contributed by atoms with Crippen molar-refractivity contribution in [3.8, 4) is 11.5 Å². The van der Waals surface area contributed by atoms with Crippen molar-refractivity contribution in [2.75, 3.05) is 13.3 Å². The summed E-state index contributed by atoms with van der Waals surface area (Å²) in [6.45, 7) is 4.94. The Morgan fingerprint density at radius 1 is 1.19 bits per heavy atom. The van der Waals surface area contributed by atoms with Crippen LogP contribution in [0.15, 0.2) is 52.4 Å². The van der Waals surface area contributed by atoms with Crippen LogP contribution >= 0.6 is 11.8 Å². The SMILES string of the molecule is CCCN1C(=O)/C(=C\c2cc3c(cc2C)OCO3)SC1=Nc1ccccc1. The molecular weight excluding hydrogens is 360 g/mol. The van der Waals surface area contributed by atoms with Gasteiger partial charge in [-0.3, -0.25) is 9.69 Å². The van der Waals surface area contributed by atoms with Gasteiger partial charge in [0.25, 0.3) is 5.91 Å². The Bertz CT molecular complexity index is 938. The van der Waals surface area contributed by atoms with E-state index >= 15 is 0 Å². The van der Waals surface area contributed by atoms with Gasteiger partial charge >= 0.3 is 0 Å². The second-order valence-electron chi connectivity index (χ2n) is 6.36. The number of carbonyl (C=O) groups excluding carboxylic acids is 1. The van der Waals surface area contributed by atoms with E-state index in [9.17, 15) is 4.79 Å². The van der Waals surface area contributed by atoms with Crippen molar-refractivity contribution >= 4 is 34.6 Å². The Morgan fingerprint density at radius 2 is 1.93 bits per heavy atom. The number of aliphatic imine (C=N–C) groups is 1. The Labute approximate surface area is 162 Å². The molecule has 6 heteroatoms. The number of rotatable bonds is 4. The van der Waals surface area contributed by atoms with Crippen molar-refractivity contribution in [3.63, 3.8) is 0 Å². The summed E-state index contributed by atoms with van der Waals surface area (Å²) in [6, 6.07) is 13.6. The molecule has 0 saturated carbocycles. The highest BCUT2D eigenvalue weighted by Gasteiger charge is 2.33. The maximum atomic E-state index is 12.9. The molecule has 2 aliphatic rings.